The van der Waals surface area contributed by atoms with E-state index < -0.39 is 0 Å². The summed E-state index contributed by atoms with van der Waals surface area (Å²) < 4.78 is 7.16. The summed E-state index contributed by atoms with van der Waals surface area (Å²) in [5.41, 5.74) is 0.995. The highest BCUT2D eigenvalue weighted by atomic mass is 35.5. The quantitative estimate of drug-likeness (QED) is 0.577. The van der Waals surface area contributed by atoms with Crippen molar-refractivity contribution in [3.63, 3.8) is 0 Å². The monoisotopic (exact) mass is 325 g/mol. The second kappa shape index (κ2) is 4.69. The summed E-state index contributed by atoms with van der Waals surface area (Å²) in [7, 11) is 0. The van der Waals surface area contributed by atoms with Gasteiger partial charge in [0.15, 0.2) is 6.23 Å². The summed E-state index contributed by atoms with van der Waals surface area (Å²) in [4.78, 5) is 0. The molecule has 0 amide bonds. The van der Waals surface area contributed by atoms with E-state index in [1.807, 2.05) is 0 Å². The van der Waals surface area contributed by atoms with Crippen LogP contribution in [-0.2, 0) is 4.74 Å². The lowest BCUT2D eigenvalue weighted by atomic mass is 10.3. The first-order chi connectivity index (χ1) is 8.61. The Labute approximate surface area is 123 Å². The molecule has 2 aromatic rings. The first kappa shape index (κ1) is 12.8. The van der Waals surface area contributed by atoms with Crippen molar-refractivity contribution in [2.45, 2.75) is 19.1 Å². The van der Waals surface area contributed by atoms with Gasteiger partial charge in [0.1, 0.15) is 11.0 Å². The Hall–Kier alpha value is -0.260. The fraction of sp³-hybridized carbons (Fsp3) is 0.400. The zero-order chi connectivity index (χ0) is 12.9. The standard InChI is InChI=1S/C10H7Cl4N3O/c11-5-6(12)8(14)10-9(7(5)13)15-16-17(10)4-2-1-3-18-4/h4H,1-3H2. The molecule has 8 heteroatoms. The minimum atomic E-state index is -0.180. The van der Waals surface area contributed by atoms with Crippen LogP contribution in [0.15, 0.2) is 0 Å². The number of halogens is 4. The van der Waals surface area contributed by atoms with Crippen molar-refractivity contribution in [3.05, 3.63) is 20.1 Å². The van der Waals surface area contributed by atoms with Gasteiger partial charge in [-0.05, 0) is 12.8 Å². The summed E-state index contributed by atoms with van der Waals surface area (Å²) in [6, 6.07) is 0. The average Bonchev–Trinajstić information content (AvgIpc) is 3.01. The van der Waals surface area contributed by atoms with E-state index in [1.54, 1.807) is 4.68 Å². The van der Waals surface area contributed by atoms with E-state index in [0.29, 0.717) is 22.7 Å². The van der Waals surface area contributed by atoms with Crippen molar-refractivity contribution in [1.29, 1.82) is 0 Å². The summed E-state index contributed by atoms with van der Waals surface area (Å²) in [6.07, 6.45) is 1.64. The second-order valence-corrected chi connectivity index (χ2v) is 5.47. The molecule has 4 nitrogen and oxygen atoms in total. The molecule has 1 aromatic heterocycles. The van der Waals surface area contributed by atoms with Gasteiger partial charge in [-0.3, -0.25) is 0 Å². The Balaban J connectivity index is 2.29. The third-order valence-corrected chi connectivity index (χ3v) is 4.65. The van der Waals surface area contributed by atoms with Gasteiger partial charge in [-0.1, -0.05) is 51.6 Å². The van der Waals surface area contributed by atoms with Gasteiger partial charge >= 0.3 is 0 Å². The molecule has 2 heterocycles. The third-order valence-electron chi connectivity index (χ3n) is 2.87. The average molecular weight is 327 g/mol. The van der Waals surface area contributed by atoms with Gasteiger partial charge in [-0.15, -0.1) is 5.10 Å². The van der Waals surface area contributed by atoms with Crippen LogP contribution in [0.3, 0.4) is 0 Å². The Morgan fingerprint density at radius 3 is 2.44 bits per heavy atom. The highest BCUT2D eigenvalue weighted by Gasteiger charge is 2.26. The number of benzene rings is 1. The SMILES string of the molecule is Clc1c(Cl)c(Cl)c2c(nnn2C2CCCO2)c1Cl. The third kappa shape index (κ3) is 1.79. The van der Waals surface area contributed by atoms with Crippen LogP contribution in [0.5, 0.6) is 0 Å². The van der Waals surface area contributed by atoms with Crippen LogP contribution in [0.4, 0.5) is 0 Å². The molecule has 1 atom stereocenters. The summed E-state index contributed by atoms with van der Waals surface area (Å²) in [5.74, 6) is 0. The van der Waals surface area contributed by atoms with Gasteiger partial charge < -0.3 is 4.74 Å². The Morgan fingerprint density at radius 1 is 1.06 bits per heavy atom. The maximum absolute atomic E-state index is 6.20. The Bertz CT molecular complexity index is 621. The van der Waals surface area contributed by atoms with Crippen LogP contribution in [0.25, 0.3) is 11.0 Å². The van der Waals surface area contributed by atoms with Crippen LogP contribution in [0, 0.1) is 0 Å². The summed E-state index contributed by atoms with van der Waals surface area (Å²) in [5, 5.41) is 8.98. The minimum Gasteiger partial charge on any atom is -0.356 e. The molecule has 1 aliphatic heterocycles. The lowest BCUT2D eigenvalue weighted by Crippen LogP contribution is -2.09. The van der Waals surface area contributed by atoms with Crippen LogP contribution >= 0.6 is 46.4 Å². The van der Waals surface area contributed by atoms with Crippen LogP contribution in [0.2, 0.25) is 20.1 Å². The second-order valence-electron chi connectivity index (χ2n) is 3.95. The number of fused-ring (bicyclic) bond motifs is 1. The minimum absolute atomic E-state index is 0.180. The molecule has 1 aliphatic rings. The first-order valence-corrected chi connectivity index (χ1v) is 6.81. The molecule has 0 bridgehead atoms. The fourth-order valence-electron chi connectivity index (χ4n) is 2.00. The van der Waals surface area contributed by atoms with Gasteiger partial charge in [0.25, 0.3) is 0 Å². The zero-order valence-electron chi connectivity index (χ0n) is 8.96. The molecule has 0 saturated carbocycles. The maximum Gasteiger partial charge on any atom is 0.152 e. The molecule has 96 valence electrons. The van der Waals surface area contributed by atoms with E-state index in [-0.39, 0.29) is 21.3 Å². The lowest BCUT2D eigenvalue weighted by molar-refractivity contribution is 0.0488. The Kier molecular flexibility index (Phi) is 3.32. The summed E-state index contributed by atoms with van der Waals surface area (Å²) in [6.45, 7) is 0.693. The molecule has 1 unspecified atom stereocenters. The fourth-order valence-corrected chi connectivity index (χ4v) is 2.96. The molecular weight excluding hydrogens is 320 g/mol. The molecule has 0 radical (unpaired) electrons. The molecule has 18 heavy (non-hydrogen) atoms. The van der Waals surface area contributed by atoms with E-state index >= 15 is 0 Å². The number of rotatable bonds is 1. The van der Waals surface area contributed by atoms with Crippen LogP contribution in [0.1, 0.15) is 19.1 Å². The number of aromatic nitrogens is 3. The van der Waals surface area contributed by atoms with Gasteiger partial charge in [0.05, 0.1) is 20.1 Å². The van der Waals surface area contributed by atoms with Crippen molar-refractivity contribution in [3.8, 4) is 0 Å². The predicted molar refractivity (Wildman–Crippen MR) is 71.8 cm³/mol. The largest absolute Gasteiger partial charge is 0.356 e. The van der Waals surface area contributed by atoms with Crippen LogP contribution in [-0.4, -0.2) is 21.6 Å². The van der Waals surface area contributed by atoms with Crippen molar-refractivity contribution in [2.24, 2.45) is 0 Å². The smallest absolute Gasteiger partial charge is 0.152 e. The van der Waals surface area contributed by atoms with Gasteiger partial charge in [-0.25, -0.2) is 4.68 Å². The Morgan fingerprint density at radius 2 is 1.78 bits per heavy atom. The van der Waals surface area contributed by atoms with Gasteiger partial charge in [-0.2, -0.15) is 0 Å². The van der Waals surface area contributed by atoms with Crippen molar-refractivity contribution < 1.29 is 4.74 Å². The molecule has 0 spiro atoms. The number of hydrogen-bond donors (Lipinski definition) is 0. The van der Waals surface area contributed by atoms with Crippen LogP contribution < -0.4 is 0 Å². The van der Waals surface area contributed by atoms with E-state index in [9.17, 15) is 0 Å². The molecule has 3 rings (SSSR count). The van der Waals surface area contributed by atoms with E-state index in [0.717, 1.165) is 12.8 Å². The van der Waals surface area contributed by atoms with Crippen molar-refractivity contribution in [2.75, 3.05) is 6.61 Å². The lowest BCUT2D eigenvalue weighted by Gasteiger charge is -2.11. The molecule has 0 aliphatic carbocycles. The van der Waals surface area contributed by atoms with Gasteiger partial charge in [0.2, 0.25) is 0 Å². The van der Waals surface area contributed by atoms with E-state index in [2.05, 4.69) is 10.3 Å². The first-order valence-electron chi connectivity index (χ1n) is 5.29. The highest BCUT2D eigenvalue weighted by Crippen LogP contribution is 2.43. The molecular formula is C10H7Cl4N3O. The van der Waals surface area contributed by atoms with Gasteiger partial charge in [0, 0.05) is 6.61 Å². The highest BCUT2D eigenvalue weighted by molar-refractivity contribution is 6.54. The molecule has 1 fully saturated rings. The number of ether oxygens (including phenoxy) is 1. The number of nitrogens with zero attached hydrogens (tertiary/aromatic N) is 3. The van der Waals surface area contributed by atoms with Crippen molar-refractivity contribution in [1.82, 2.24) is 15.0 Å². The van der Waals surface area contributed by atoms with E-state index in [1.165, 1.54) is 0 Å². The van der Waals surface area contributed by atoms with Crippen molar-refractivity contribution >= 4 is 57.4 Å². The normalized spacial score (nSPS) is 19.9. The number of hydrogen-bond acceptors (Lipinski definition) is 3. The molecule has 0 N–H and O–H groups in total. The molecule has 1 saturated heterocycles. The zero-order valence-corrected chi connectivity index (χ0v) is 12.0. The van der Waals surface area contributed by atoms with E-state index in [4.69, 9.17) is 51.1 Å². The maximum atomic E-state index is 6.20. The topological polar surface area (TPSA) is 39.9 Å². The summed E-state index contributed by atoms with van der Waals surface area (Å²) >= 11 is 24.3. The molecule has 1 aromatic carbocycles. The predicted octanol–water partition coefficient (Wildman–Crippen LogP) is 4.35.